The third kappa shape index (κ3) is 3.16. The number of ether oxygens (including phenoxy) is 2. The molecule has 0 saturated carbocycles. The van der Waals surface area contributed by atoms with E-state index >= 15 is 0 Å². The molecular formula is C16H22O3. The summed E-state index contributed by atoms with van der Waals surface area (Å²) in [5.74, 6) is 0.522. The zero-order chi connectivity index (χ0) is 13.1. The molecule has 1 fully saturated rings. The fourth-order valence-corrected chi connectivity index (χ4v) is 3.17. The molecule has 0 aliphatic carbocycles. The van der Waals surface area contributed by atoms with E-state index in [1.54, 1.807) is 0 Å². The molecule has 0 aromatic heterocycles. The summed E-state index contributed by atoms with van der Waals surface area (Å²) in [6.07, 6.45) is 3.37. The van der Waals surface area contributed by atoms with Crippen molar-refractivity contribution in [1.82, 2.24) is 0 Å². The van der Waals surface area contributed by atoms with Gasteiger partial charge in [-0.25, -0.2) is 0 Å². The van der Waals surface area contributed by atoms with Crippen molar-refractivity contribution < 1.29 is 14.6 Å². The average molecular weight is 262 g/mol. The Morgan fingerprint density at radius 3 is 2.95 bits per heavy atom. The SMILES string of the molecule is OC(CC1CCOC1)CC1OCCc2ccccc21. The van der Waals surface area contributed by atoms with E-state index in [0.717, 1.165) is 39.1 Å². The highest BCUT2D eigenvalue weighted by Gasteiger charge is 2.26. The van der Waals surface area contributed by atoms with E-state index in [2.05, 4.69) is 24.3 Å². The predicted octanol–water partition coefficient (Wildman–Crippen LogP) is 2.48. The molecule has 1 aromatic rings. The summed E-state index contributed by atoms with van der Waals surface area (Å²) in [6.45, 7) is 2.42. The van der Waals surface area contributed by atoms with Gasteiger partial charge in [-0.05, 0) is 36.3 Å². The van der Waals surface area contributed by atoms with Crippen LogP contribution in [0.5, 0.6) is 0 Å². The zero-order valence-corrected chi connectivity index (χ0v) is 11.3. The summed E-state index contributed by atoms with van der Waals surface area (Å²) < 4.78 is 11.2. The minimum atomic E-state index is -0.289. The van der Waals surface area contributed by atoms with Gasteiger partial charge in [0.05, 0.1) is 18.8 Å². The molecule has 0 spiro atoms. The minimum absolute atomic E-state index is 0.0577. The van der Waals surface area contributed by atoms with Crippen LogP contribution in [0.3, 0.4) is 0 Å². The van der Waals surface area contributed by atoms with Crippen molar-refractivity contribution in [2.75, 3.05) is 19.8 Å². The minimum Gasteiger partial charge on any atom is -0.393 e. The van der Waals surface area contributed by atoms with Crippen molar-refractivity contribution in [3.8, 4) is 0 Å². The Hall–Kier alpha value is -0.900. The largest absolute Gasteiger partial charge is 0.393 e. The monoisotopic (exact) mass is 262 g/mol. The lowest BCUT2D eigenvalue weighted by molar-refractivity contribution is -0.00161. The van der Waals surface area contributed by atoms with Gasteiger partial charge in [-0.3, -0.25) is 0 Å². The number of aliphatic hydroxyl groups excluding tert-OH is 1. The van der Waals surface area contributed by atoms with Crippen LogP contribution < -0.4 is 0 Å². The Kier molecular flexibility index (Phi) is 4.16. The van der Waals surface area contributed by atoms with E-state index in [9.17, 15) is 5.11 Å². The highest BCUT2D eigenvalue weighted by Crippen LogP contribution is 2.32. The molecule has 2 aliphatic rings. The highest BCUT2D eigenvalue weighted by atomic mass is 16.5. The van der Waals surface area contributed by atoms with Gasteiger partial charge in [-0.2, -0.15) is 0 Å². The lowest BCUT2D eigenvalue weighted by Crippen LogP contribution is -2.23. The maximum atomic E-state index is 10.3. The van der Waals surface area contributed by atoms with Gasteiger partial charge in [-0.1, -0.05) is 24.3 Å². The van der Waals surface area contributed by atoms with Crippen LogP contribution in [0.25, 0.3) is 0 Å². The Bertz CT molecular complexity index is 412. The molecule has 3 atom stereocenters. The number of hydrogen-bond donors (Lipinski definition) is 1. The molecule has 2 aliphatic heterocycles. The molecule has 3 heteroatoms. The van der Waals surface area contributed by atoms with Gasteiger partial charge in [0.25, 0.3) is 0 Å². The van der Waals surface area contributed by atoms with E-state index in [-0.39, 0.29) is 12.2 Å². The molecule has 0 radical (unpaired) electrons. The molecule has 1 N–H and O–H groups in total. The van der Waals surface area contributed by atoms with Crippen molar-refractivity contribution in [1.29, 1.82) is 0 Å². The number of rotatable bonds is 4. The summed E-state index contributed by atoms with van der Waals surface area (Å²) in [5, 5.41) is 10.3. The summed E-state index contributed by atoms with van der Waals surface area (Å²) >= 11 is 0. The number of hydrogen-bond acceptors (Lipinski definition) is 3. The van der Waals surface area contributed by atoms with Crippen LogP contribution >= 0.6 is 0 Å². The van der Waals surface area contributed by atoms with Gasteiger partial charge in [0.1, 0.15) is 0 Å². The zero-order valence-electron chi connectivity index (χ0n) is 11.3. The summed E-state index contributed by atoms with van der Waals surface area (Å²) in [7, 11) is 0. The van der Waals surface area contributed by atoms with E-state index < -0.39 is 0 Å². The van der Waals surface area contributed by atoms with Crippen molar-refractivity contribution in [2.24, 2.45) is 5.92 Å². The van der Waals surface area contributed by atoms with Gasteiger partial charge < -0.3 is 14.6 Å². The number of fused-ring (bicyclic) bond motifs is 1. The Labute approximate surface area is 114 Å². The third-order valence-corrected chi connectivity index (χ3v) is 4.21. The summed E-state index contributed by atoms with van der Waals surface area (Å²) in [4.78, 5) is 0. The molecule has 0 amide bonds. The van der Waals surface area contributed by atoms with Crippen LogP contribution in [-0.4, -0.2) is 31.0 Å². The quantitative estimate of drug-likeness (QED) is 0.906. The van der Waals surface area contributed by atoms with Crippen LogP contribution in [0.1, 0.15) is 36.5 Å². The lowest BCUT2D eigenvalue weighted by atomic mass is 9.91. The summed E-state index contributed by atoms with van der Waals surface area (Å²) in [5.41, 5.74) is 2.63. The van der Waals surface area contributed by atoms with E-state index in [1.165, 1.54) is 11.1 Å². The van der Waals surface area contributed by atoms with E-state index in [4.69, 9.17) is 9.47 Å². The molecule has 0 bridgehead atoms. The average Bonchev–Trinajstić information content (AvgIpc) is 2.92. The van der Waals surface area contributed by atoms with Gasteiger partial charge in [0, 0.05) is 19.6 Å². The van der Waals surface area contributed by atoms with Gasteiger partial charge in [0.15, 0.2) is 0 Å². The maximum Gasteiger partial charge on any atom is 0.0852 e. The first-order valence-electron chi connectivity index (χ1n) is 7.28. The second-order valence-electron chi connectivity index (χ2n) is 5.66. The van der Waals surface area contributed by atoms with Crippen LogP contribution in [-0.2, 0) is 15.9 Å². The number of aliphatic hydroxyl groups is 1. The lowest BCUT2D eigenvalue weighted by Gasteiger charge is -2.28. The molecule has 104 valence electrons. The first kappa shape index (κ1) is 13.1. The van der Waals surface area contributed by atoms with Gasteiger partial charge in [0.2, 0.25) is 0 Å². The second kappa shape index (κ2) is 6.04. The van der Waals surface area contributed by atoms with E-state index in [0.29, 0.717) is 12.3 Å². The fraction of sp³-hybridized carbons (Fsp3) is 0.625. The van der Waals surface area contributed by atoms with Gasteiger partial charge >= 0.3 is 0 Å². The summed E-state index contributed by atoms with van der Waals surface area (Å²) in [6, 6.07) is 8.43. The van der Waals surface area contributed by atoms with Crippen LogP contribution in [0.2, 0.25) is 0 Å². The van der Waals surface area contributed by atoms with Gasteiger partial charge in [-0.15, -0.1) is 0 Å². The maximum absolute atomic E-state index is 10.3. The standard InChI is InChI=1S/C16H22O3/c17-14(9-12-5-7-18-11-12)10-16-15-4-2-1-3-13(15)6-8-19-16/h1-4,12,14,16-17H,5-11H2. The molecular weight excluding hydrogens is 240 g/mol. The van der Waals surface area contributed by atoms with E-state index in [1.807, 2.05) is 0 Å². The smallest absolute Gasteiger partial charge is 0.0852 e. The first-order valence-corrected chi connectivity index (χ1v) is 7.28. The van der Waals surface area contributed by atoms with Crippen molar-refractivity contribution >= 4 is 0 Å². The fourth-order valence-electron chi connectivity index (χ4n) is 3.17. The molecule has 3 nitrogen and oxygen atoms in total. The molecule has 2 heterocycles. The predicted molar refractivity (Wildman–Crippen MR) is 73.0 cm³/mol. The van der Waals surface area contributed by atoms with Crippen molar-refractivity contribution in [2.45, 2.75) is 37.9 Å². The van der Waals surface area contributed by atoms with Crippen LogP contribution in [0, 0.1) is 5.92 Å². The number of benzene rings is 1. The Balaban J connectivity index is 1.60. The van der Waals surface area contributed by atoms with Crippen LogP contribution in [0.15, 0.2) is 24.3 Å². The highest BCUT2D eigenvalue weighted by molar-refractivity contribution is 5.30. The normalized spacial score (nSPS) is 28.1. The molecule has 1 aromatic carbocycles. The van der Waals surface area contributed by atoms with Crippen molar-refractivity contribution in [3.63, 3.8) is 0 Å². The Morgan fingerprint density at radius 2 is 2.11 bits per heavy atom. The molecule has 1 saturated heterocycles. The topological polar surface area (TPSA) is 38.7 Å². The van der Waals surface area contributed by atoms with Crippen molar-refractivity contribution in [3.05, 3.63) is 35.4 Å². The molecule has 3 rings (SSSR count). The molecule has 19 heavy (non-hydrogen) atoms. The molecule has 3 unspecified atom stereocenters. The third-order valence-electron chi connectivity index (χ3n) is 4.21. The Morgan fingerprint density at radius 1 is 1.21 bits per heavy atom. The second-order valence-corrected chi connectivity index (χ2v) is 5.66. The first-order chi connectivity index (χ1) is 9.33. The van der Waals surface area contributed by atoms with Crippen LogP contribution in [0.4, 0.5) is 0 Å².